The van der Waals surface area contributed by atoms with Crippen LogP contribution in [0.5, 0.6) is 11.5 Å². The molecule has 0 radical (unpaired) electrons. The first-order valence-corrected chi connectivity index (χ1v) is 7.97. The number of carbonyl (C=O) groups is 1. The summed E-state index contributed by atoms with van der Waals surface area (Å²) in [5, 5.41) is 21.4. The van der Waals surface area contributed by atoms with Gasteiger partial charge in [0.1, 0.15) is 23.1 Å². The highest BCUT2D eigenvalue weighted by atomic mass is 79.9. The molecule has 6 heteroatoms. The van der Waals surface area contributed by atoms with E-state index in [-0.39, 0.29) is 11.3 Å². The van der Waals surface area contributed by atoms with E-state index in [0.717, 1.165) is 0 Å². The summed E-state index contributed by atoms with van der Waals surface area (Å²) in [4.78, 5) is 12.3. The maximum atomic E-state index is 12.3. The molecule has 5 nitrogen and oxygen atoms in total. The fourth-order valence-electron chi connectivity index (χ4n) is 1.96. The van der Waals surface area contributed by atoms with E-state index in [4.69, 9.17) is 4.74 Å². The lowest BCUT2D eigenvalue weighted by Crippen LogP contribution is -2.13. The minimum absolute atomic E-state index is 0.0468. The van der Waals surface area contributed by atoms with Crippen molar-refractivity contribution < 1.29 is 14.6 Å². The zero-order valence-electron chi connectivity index (χ0n) is 12.9. The summed E-state index contributed by atoms with van der Waals surface area (Å²) < 4.78 is 5.86. The number of carbonyl (C=O) groups excluding carboxylic acids is 1. The van der Waals surface area contributed by atoms with Crippen LogP contribution in [0.2, 0.25) is 0 Å². The van der Waals surface area contributed by atoms with Crippen molar-refractivity contribution in [2.24, 2.45) is 0 Å². The van der Waals surface area contributed by atoms with Crippen molar-refractivity contribution >= 4 is 33.6 Å². The Morgan fingerprint density at radius 1 is 1.38 bits per heavy atom. The van der Waals surface area contributed by atoms with E-state index in [2.05, 4.69) is 21.2 Å². The van der Waals surface area contributed by atoms with Gasteiger partial charge in [0.2, 0.25) is 0 Å². The number of aromatic hydroxyl groups is 1. The second-order valence-electron chi connectivity index (χ2n) is 4.80. The number of nitrogens with zero attached hydrogens (tertiary/aromatic N) is 1. The maximum Gasteiger partial charge on any atom is 0.266 e. The van der Waals surface area contributed by atoms with Gasteiger partial charge >= 0.3 is 0 Å². The Labute approximate surface area is 148 Å². The average Bonchev–Trinajstić information content (AvgIpc) is 2.56. The third-order valence-corrected chi connectivity index (χ3v) is 3.69. The first-order chi connectivity index (χ1) is 11.5. The van der Waals surface area contributed by atoms with Crippen LogP contribution in [-0.2, 0) is 4.79 Å². The first-order valence-electron chi connectivity index (χ1n) is 7.18. The van der Waals surface area contributed by atoms with Crippen LogP contribution >= 0.6 is 15.9 Å². The smallest absolute Gasteiger partial charge is 0.266 e. The molecular formula is C18H15BrN2O3. The molecule has 0 bridgehead atoms. The Balaban J connectivity index is 2.19. The number of halogens is 1. The quantitative estimate of drug-likeness (QED) is 0.598. The number of amides is 1. The second kappa shape index (κ2) is 8.18. The number of nitrogens with one attached hydrogen (secondary N) is 1. The summed E-state index contributed by atoms with van der Waals surface area (Å²) in [6.45, 7) is 2.40. The van der Waals surface area contributed by atoms with Crippen molar-refractivity contribution in [2.45, 2.75) is 6.92 Å². The summed E-state index contributed by atoms with van der Waals surface area (Å²) in [6.07, 6.45) is 1.45. The lowest BCUT2D eigenvalue weighted by Gasteiger charge is -2.07. The molecule has 0 atom stereocenters. The molecule has 0 heterocycles. The average molecular weight is 387 g/mol. The van der Waals surface area contributed by atoms with Crippen molar-refractivity contribution in [3.05, 3.63) is 58.1 Å². The first kappa shape index (κ1) is 17.6. The van der Waals surface area contributed by atoms with Gasteiger partial charge < -0.3 is 15.2 Å². The molecule has 0 aliphatic heterocycles. The molecule has 0 spiro atoms. The minimum atomic E-state index is -0.518. The summed E-state index contributed by atoms with van der Waals surface area (Å²) in [7, 11) is 0. The zero-order valence-corrected chi connectivity index (χ0v) is 14.5. The standard InChI is InChI=1S/C18H15BrN2O3/c1-2-24-15-5-3-4-14(10-15)21-18(23)13(11-20)8-12-6-7-17(22)16(19)9-12/h3-10,22H,2H2,1H3,(H,21,23)/b13-8+. The molecule has 2 aromatic rings. The van der Waals surface area contributed by atoms with E-state index in [1.54, 1.807) is 36.4 Å². The Morgan fingerprint density at radius 2 is 2.17 bits per heavy atom. The second-order valence-corrected chi connectivity index (χ2v) is 5.65. The van der Waals surface area contributed by atoms with Gasteiger partial charge in [-0.15, -0.1) is 0 Å². The van der Waals surface area contributed by atoms with Gasteiger partial charge in [-0.05, 0) is 58.8 Å². The van der Waals surface area contributed by atoms with Crippen molar-refractivity contribution in [3.8, 4) is 17.6 Å². The van der Waals surface area contributed by atoms with Gasteiger partial charge in [0.05, 0.1) is 11.1 Å². The number of rotatable bonds is 5. The van der Waals surface area contributed by atoms with Crippen LogP contribution in [-0.4, -0.2) is 17.6 Å². The Hall–Kier alpha value is -2.78. The summed E-state index contributed by atoms with van der Waals surface area (Å²) in [5.74, 6) is 0.207. The number of anilines is 1. The van der Waals surface area contributed by atoms with Crippen LogP contribution in [0, 0.1) is 11.3 Å². The Bertz CT molecular complexity index is 825. The highest BCUT2D eigenvalue weighted by molar-refractivity contribution is 9.10. The number of phenolic OH excluding ortho intramolecular Hbond substituents is 1. The molecule has 24 heavy (non-hydrogen) atoms. The third-order valence-electron chi connectivity index (χ3n) is 3.05. The molecule has 0 aliphatic carbocycles. The minimum Gasteiger partial charge on any atom is -0.507 e. The molecule has 2 rings (SSSR count). The Morgan fingerprint density at radius 3 is 2.83 bits per heavy atom. The Kier molecular flexibility index (Phi) is 5.99. The number of benzene rings is 2. The number of hydrogen-bond acceptors (Lipinski definition) is 4. The summed E-state index contributed by atoms with van der Waals surface area (Å²) >= 11 is 3.19. The van der Waals surface area contributed by atoms with Crippen LogP contribution in [0.3, 0.4) is 0 Å². The van der Waals surface area contributed by atoms with Crippen LogP contribution < -0.4 is 10.1 Å². The molecule has 0 unspecified atom stereocenters. The molecule has 0 aromatic heterocycles. The van der Waals surface area contributed by atoms with Crippen LogP contribution in [0.25, 0.3) is 6.08 Å². The fraction of sp³-hybridized carbons (Fsp3) is 0.111. The highest BCUT2D eigenvalue weighted by Gasteiger charge is 2.10. The van der Waals surface area contributed by atoms with Gasteiger partial charge in [-0.2, -0.15) is 5.26 Å². The van der Waals surface area contributed by atoms with E-state index in [1.807, 2.05) is 13.0 Å². The molecule has 0 saturated heterocycles. The van der Waals surface area contributed by atoms with E-state index in [0.29, 0.717) is 28.1 Å². The maximum absolute atomic E-state index is 12.3. The number of phenols is 1. The van der Waals surface area contributed by atoms with E-state index in [9.17, 15) is 15.2 Å². The van der Waals surface area contributed by atoms with E-state index < -0.39 is 5.91 Å². The van der Waals surface area contributed by atoms with Gasteiger partial charge in [-0.1, -0.05) is 12.1 Å². The zero-order chi connectivity index (χ0) is 17.5. The number of nitriles is 1. The molecule has 0 fully saturated rings. The molecule has 2 N–H and O–H groups in total. The predicted molar refractivity (Wildman–Crippen MR) is 95.6 cm³/mol. The van der Waals surface area contributed by atoms with E-state index in [1.165, 1.54) is 12.1 Å². The third kappa shape index (κ3) is 4.61. The van der Waals surface area contributed by atoms with E-state index >= 15 is 0 Å². The normalized spacial score (nSPS) is 10.8. The van der Waals surface area contributed by atoms with Gasteiger partial charge in [0.15, 0.2) is 0 Å². The molecule has 122 valence electrons. The van der Waals surface area contributed by atoms with Crippen LogP contribution in [0.4, 0.5) is 5.69 Å². The van der Waals surface area contributed by atoms with Crippen LogP contribution in [0.1, 0.15) is 12.5 Å². The molecule has 2 aromatic carbocycles. The van der Waals surface area contributed by atoms with Crippen molar-refractivity contribution in [1.82, 2.24) is 0 Å². The monoisotopic (exact) mass is 386 g/mol. The lowest BCUT2D eigenvalue weighted by atomic mass is 10.1. The van der Waals surface area contributed by atoms with Gasteiger partial charge in [-0.3, -0.25) is 4.79 Å². The van der Waals surface area contributed by atoms with Crippen molar-refractivity contribution in [3.63, 3.8) is 0 Å². The molecule has 0 saturated carbocycles. The van der Waals surface area contributed by atoms with Gasteiger partial charge in [0, 0.05) is 11.8 Å². The van der Waals surface area contributed by atoms with Crippen molar-refractivity contribution in [2.75, 3.05) is 11.9 Å². The van der Waals surface area contributed by atoms with Gasteiger partial charge in [0.25, 0.3) is 5.91 Å². The summed E-state index contributed by atoms with van der Waals surface area (Å²) in [5.41, 5.74) is 1.11. The highest BCUT2D eigenvalue weighted by Crippen LogP contribution is 2.25. The molecule has 1 amide bonds. The SMILES string of the molecule is CCOc1cccc(NC(=O)/C(C#N)=C/c2ccc(O)c(Br)c2)c1. The summed E-state index contributed by atoms with van der Waals surface area (Å²) in [6, 6.07) is 13.5. The number of hydrogen-bond donors (Lipinski definition) is 2. The largest absolute Gasteiger partial charge is 0.507 e. The lowest BCUT2D eigenvalue weighted by molar-refractivity contribution is -0.112. The van der Waals surface area contributed by atoms with Crippen molar-refractivity contribution in [1.29, 1.82) is 5.26 Å². The fourth-order valence-corrected chi connectivity index (χ4v) is 2.35. The number of ether oxygens (including phenoxy) is 1. The topological polar surface area (TPSA) is 82.3 Å². The van der Waals surface area contributed by atoms with Gasteiger partial charge in [-0.25, -0.2) is 0 Å². The molecular weight excluding hydrogens is 372 g/mol. The molecule has 0 aliphatic rings. The predicted octanol–water partition coefficient (Wildman–Crippen LogP) is 4.10. The van der Waals surface area contributed by atoms with Crippen LogP contribution in [0.15, 0.2) is 52.5 Å².